The van der Waals surface area contributed by atoms with Gasteiger partial charge in [0, 0.05) is 6.61 Å². The predicted molar refractivity (Wildman–Crippen MR) is 93.2 cm³/mol. The fraction of sp³-hybridized carbons (Fsp3) is 0.250. The van der Waals surface area contributed by atoms with Gasteiger partial charge in [0.05, 0.1) is 24.2 Å². The average Bonchev–Trinajstić information content (AvgIpc) is 2.91. The fourth-order valence-corrected chi connectivity index (χ4v) is 2.65. The number of hydrogen-bond acceptors (Lipinski definition) is 5. The third kappa shape index (κ3) is 4.15. The van der Waals surface area contributed by atoms with Crippen molar-refractivity contribution in [2.75, 3.05) is 13.2 Å². The van der Waals surface area contributed by atoms with E-state index in [0.717, 1.165) is 6.42 Å². The minimum absolute atomic E-state index is 0.0682. The molecule has 6 heteroatoms. The van der Waals surface area contributed by atoms with Crippen LogP contribution in [0.1, 0.15) is 39.1 Å². The van der Waals surface area contributed by atoms with Gasteiger partial charge in [-0.1, -0.05) is 47.5 Å². The van der Waals surface area contributed by atoms with Crippen LogP contribution in [0.25, 0.3) is 0 Å². The Morgan fingerprint density at radius 3 is 2.12 bits per heavy atom. The molecule has 1 heterocycles. The van der Waals surface area contributed by atoms with Crippen molar-refractivity contribution >= 4 is 17.8 Å². The molecule has 0 bridgehead atoms. The molecular formula is C20H19NO5. The van der Waals surface area contributed by atoms with Gasteiger partial charge in [-0.3, -0.25) is 9.59 Å². The zero-order valence-corrected chi connectivity index (χ0v) is 14.2. The van der Waals surface area contributed by atoms with Gasteiger partial charge in [-0.2, -0.15) is 0 Å². The van der Waals surface area contributed by atoms with Crippen LogP contribution in [0.5, 0.6) is 0 Å². The summed E-state index contributed by atoms with van der Waals surface area (Å²) in [7, 11) is 0. The zero-order valence-electron chi connectivity index (χ0n) is 14.2. The average molecular weight is 353 g/mol. The number of nitrogens with zero attached hydrogens (tertiary/aromatic N) is 1. The van der Waals surface area contributed by atoms with E-state index in [4.69, 9.17) is 9.57 Å². The molecule has 134 valence electrons. The third-order valence-corrected chi connectivity index (χ3v) is 4.00. The normalized spacial score (nSPS) is 13.0. The lowest BCUT2D eigenvalue weighted by molar-refractivity contribution is -0.168. The Balaban J connectivity index is 1.36. The summed E-state index contributed by atoms with van der Waals surface area (Å²) in [6.45, 7) is 0.974. The highest BCUT2D eigenvalue weighted by Gasteiger charge is 2.38. The molecule has 0 saturated carbocycles. The fourth-order valence-electron chi connectivity index (χ4n) is 2.65. The summed E-state index contributed by atoms with van der Waals surface area (Å²) in [6.07, 6.45) is 1.33. The predicted octanol–water partition coefficient (Wildman–Crippen LogP) is 2.78. The SMILES string of the molecule is O=C(CCCOCCc1ccccc1)ON1C(=O)c2ccccc2C1=O. The van der Waals surface area contributed by atoms with Crippen LogP contribution in [0.4, 0.5) is 0 Å². The molecular weight excluding hydrogens is 334 g/mol. The molecule has 0 aromatic heterocycles. The first-order chi connectivity index (χ1) is 12.7. The van der Waals surface area contributed by atoms with E-state index < -0.39 is 17.8 Å². The highest BCUT2D eigenvalue weighted by atomic mass is 16.7. The van der Waals surface area contributed by atoms with Gasteiger partial charge in [-0.05, 0) is 30.5 Å². The summed E-state index contributed by atoms with van der Waals surface area (Å²) in [6, 6.07) is 16.4. The molecule has 2 aromatic carbocycles. The Kier molecular flexibility index (Phi) is 5.76. The van der Waals surface area contributed by atoms with Gasteiger partial charge in [-0.25, -0.2) is 4.79 Å². The van der Waals surface area contributed by atoms with Gasteiger partial charge in [0.25, 0.3) is 11.8 Å². The number of carbonyl (C=O) groups is 3. The van der Waals surface area contributed by atoms with Crippen molar-refractivity contribution in [2.45, 2.75) is 19.3 Å². The van der Waals surface area contributed by atoms with Crippen molar-refractivity contribution in [2.24, 2.45) is 0 Å². The molecule has 0 radical (unpaired) electrons. The van der Waals surface area contributed by atoms with Crippen LogP contribution in [0, 0.1) is 0 Å². The Morgan fingerprint density at radius 2 is 1.46 bits per heavy atom. The summed E-state index contributed by atoms with van der Waals surface area (Å²) in [5.74, 6) is -1.86. The smallest absolute Gasteiger partial charge is 0.333 e. The van der Waals surface area contributed by atoms with Crippen molar-refractivity contribution < 1.29 is 24.0 Å². The second-order valence-corrected chi connectivity index (χ2v) is 5.87. The Labute approximate surface area is 151 Å². The number of benzene rings is 2. The van der Waals surface area contributed by atoms with Crippen LogP contribution < -0.4 is 0 Å². The largest absolute Gasteiger partial charge is 0.381 e. The first-order valence-electron chi connectivity index (χ1n) is 8.47. The number of fused-ring (bicyclic) bond motifs is 1. The van der Waals surface area contributed by atoms with Crippen LogP contribution in [-0.4, -0.2) is 36.1 Å². The Bertz CT molecular complexity index is 768. The van der Waals surface area contributed by atoms with Crippen molar-refractivity contribution in [3.05, 3.63) is 71.3 Å². The van der Waals surface area contributed by atoms with E-state index in [9.17, 15) is 14.4 Å². The summed E-state index contributed by atoms with van der Waals surface area (Å²) in [5, 5.41) is 0.531. The second-order valence-electron chi connectivity index (χ2n) is 5.87. The van der Waals surface area contributed by atoms with E-state index in [1.807, 2.05) is 30.3 Å². The first kappa shape index (κ1) is 17.8. The van der Waals surface area contributed by atoms with Gasteiger partial charge in [0.1, 0.15) is 0 Å². The number of imide groups is 1. The lowest BCUT2D eigenvalue weighted by Crippen LogP contribution is -2.32. The van der Waals surface area contributed by atoms with E-state index in [-0.39, 0.29) is 17.5 Å². The van der Waals surface area contributed by atoms with Gasteiger partial charge in [-0.15, -0.1) is 0 Å². The van der Waals surface area contributed by atoms with Crippen LogP contribution in [0.2, 0.25) is 0 Å². The maximum atomic E-state index is 12.1. The van der Waals surface area contributed by atoms with Gasteiger partial charge < -0.3 is 9.57 Å². The van der Waals surface area contributed by atoms with Crippen molar-refractivity contribution in [3.8, 4) is 0 Å². The molecule has 0 fully saturated rings. The maximum Gasteiger partial charge on any atom is 0.333 e. The molecule has 3 rings (SSSR count). The molecule has 26 heavy (non-hydrogen) atoms. The zero-order chi connectivity index (χ0) is 18.4. The Hall–Kier alpha value is -2.99. The van der Waals surface area contributed by atoms with Crippen molar-refractivity contribution in [1.82, 2.24) is 5.06 Å². The standard InChI is InChI=1S/C20H19NO5/c22-18(11-6-13-25-14-12-15-7-2-1-3-8-15)26-21-19(23)16-9-4-5-10-17(16)20(21)24/h1-5,7-10H,6,11-14H2. The number of carbonyl (C=O) groups excluding carboxylic acids is 3. The van der Waals surface area contributed by atoms with E-state index in [2.05, 4.69) is 0 Å². The minimum Gasteiger partial charge on any atom is -0.381 e. The number of hydroxylamine groups is 2. The number of rotatable bonds is 8. The first-order valence-corrected chi connectivity index (χ1v) is 8.47. The quantitative estimate of drug-likeness (QED) is 0.539. The summed E-state index contributed by atoms with van der Waals surface area (Å²) < 4.78 is 5.50. The van der Waals surface area contributed by atoms with Crippen LogP contribution in [0.15, 0.2) is 54.6 Å². The lowest BCUT2D eigenvalue weighted by atomic mass is 10.1. The molecule has 2 amide bonds. The second kappa shape index (κ2) is 8.40. The number of amides is 2. The monoisotopic (exact) mass is 353 g/mol. The van der Waals surface area contributed by atoms with E-state index in [1.165, 1.54) is 17.7 Å². The molecule has 0 saturated heterocycles. The molecule has 0 N–H and O–H groups in total. The summed E-state index contributed by atoms with van der Waals surface area (Å²) in [4.78, 5) is 41.0. The van der Waals surface area contributed by atoms with Crippen LogP contribution in [0.3, 0.4) is 0 Å². The minimum atomic E-state index is -0.633. The summed E-state index contributed by atoms with van der Waals surface area (Å²) in [5.41, 5.74) is 1.68. The van der Waals surface area contributed by atoms with Gasteiger partial charge in [0.15, 0.2) is 0 Å². The van der Waals surface area contributed by atoms with E-state index in [0.29, 0.717) is 24.7 Å². The molecule has 6 nitrogen and oxygen atoms in total. The summed E-state index contributed by atoms with van der Waals surface area (Å²) >= 11 is 0. The molecule has 0 unspecified atom stereocenters. The molecule has 1 aliphatic rings. The molecule has 2 aromatic rings. The van der Waals surface area contributed by atoms with Gasteiger partial charge in [0.2, 0.25) is 0 Å². The van der Waals surface area contributed by atoms with E-state index in [1.54, 1.807) is 12.1 Å². The number of ether oxygens (including phenoxy) is 1. The lowest BCUT2D eigenvalue weighted by Gasteiger charge is -2.12. The Morgan fingerprint density at radius 1 is 0.846 bits per heavy atom. The maximum absolute atomic E-state index is 12.1. The molecule has 0 atom stereocenters. The van der Waals surface area contributed by atoms with E-state index >= 15 is 0 Å². The highest BCUT2D eigenvalue weighted by molar-refractivity contribution is 6.20. The van der Waals surface area contributed by atoms with Crippen molar-refractivity contribution in [1.29, 1.82) is 0 Å². The molecule has 0 aliphatic carbocycles. The molecule has 0 spiro atoms. The van der Waals surface area contributed by atoms with Gasteiger partial charge >= 0.3 is 5.97 Å². The number of hydrogen-bond donors (Lipinski definition) is 0. The van der Waals surface area contributed by atoms with Crippen molar-refractivity contribution in [3.63, 3.8) is 0 Å². The third-order valence-electron chi connectivity index (χ3n) is 4.00. The highest BCUT2D eigenvalue weighted by Crippen LogP contribution is 2.22. The molecule has 1 aliphatic heterocycles. The topological polar surface area (TPSA) is 72.9 Å². The van der Waals surface area contributed by atoms with Crippen LogP contribution >= 0.6 is 0 Å². The van der Waals surface area contributed by atoms with Crippen LogP contribution in [-0.2, 0) is 20.8 Å².